The van der Waals surface area contributed by atoms with Crippen LogP contribution in [0.15, 0.2) is 48.9 Å². The number of aliphatic hydroxyl groups is 1. The van der Waals surface area contributed by atoms with Gasteiger partial charge in [0.15, 0.2) is 0 Å². The number of hydrogen-bond donors (Lipinski definition) is 1. The van der Waals surface area contributed by atoms with E-state index in [0.29, 0.717) is 39.4 Å². The van der Waals surface area contributed by atoms with E-state index in [1.54, 1.807) is 18.5 Å². The SMILES string of the molecule is OC1CN(C2CCN(c3cnc(-c4ccc(C(F)(F)F)cc4)c(-c4ccncc4Cl)n3)CC2)C1. The van der Waals surface area contributed by atoms with E-state index in [1.165, 1.54) is 18.3 Å². The van der Waals surface area contributed by atoms with Crippen molar-refractivity contribution in [2.24, 2.45) is 0 Å². The zero-order valence-corrected chi connectivity index (χ0v) is 19.0. The Morgan fingerprint density at radius 2 is 1.68 bits per heavy atom. The van der Waals surface area contributed by atoms with Crippen molar-refractivity contribution < 1.29 is 18.3 Å². The summed E-state index contributed by atoms with van der Waals surface area (Å²) in [6.45, 7) is 3.07. The van der Waals surface area contributed by atoms with Crippen molar-refractivity contribution in [1.29, 1.82) is 0 Å². The van der Waals surface area contributed by atoms with Gasteiger partial charge in [-0.15, -0.1) is 0 Å². The summed E-state index contributed by atoms with van der Waals surface area (Å²) in [5.41, 5.74) is 1.37. The number of likely N-dealkylation sites (tertiary alicyclic amines) is 1. The Labute approximate surface area is 200 Å². The number of β-amino-alcohol motifs (C(OH)–C–C–N with tert-alkyl or cyclic N) is 1. The third-order valence-electron chi connectivity index (χ3n) is 6.47. The number of benzene rings is 1. The number of alkyl halides is 3. The molecule has 0 unspecified atom stereocenters. The maximum Gasteiger partial charge on any atom is 0.416 e. The minimum atomic E-state index is -4.41. The van der Waals surface area contributed by atoms with Gasteiger partial charge in [0.2, 0.25) is 0 Å². The van der Waals surface area contributed by atoms with Gasteiger partial charge < -0.3 is 10.0 Å². The van der Waals surface area contributed by atoms with E-state index in [2.05, 4.69) is 19.8 Å². The highest BCUT2D eigenvalue weighted by Crippen LogP contribution is 2.36. The number of piperidine rings is 1. The molecule has 4 heterocycles. The van der Waals surface area contributed by atoms with Crippen molar-refractivity contribution in [2.75, 3.05) is 31.1 Å². The van der Waals surface area contributed by atoms with Crippen LogP contribution in [0.5, 0.6) is 0 Å². The van der Waals surface area contributed by atoms with Crippen molar-refractivity contribution in [3.05, 3.63) is 59.5 Å². The second kappa shape index (κ2) is 9.13. The van der Waals surface area contributed by atoms with Crippen LogP contribution in [0, 0.1) is 0 Å². The first-order valence-corrected chi connectivity index (χ1v) is 11.5. The fourth-order valence-electron chi connectivity index (χ4n) is 4.56. The molecule has 0 atom stereocenters. The average Bonchev–Trinajstić information content (AvgIpc) is 2.82. The van der Waals surface area contributed by atoms with Crippen molar-refractivity contribution in [1.82, 2.24) is 19.9 Å². The molecule has 3 aromatic rings. The first-order valence-electron chi connectivity index (χ1n) is 11.1. The van der Waals surface area contributed by atoms with Crippen LogP contribution in [-0.4, -0.2) is 63.3 Å². The fraction of sp³-hybridized carbons (Fsp3) is 0.375. The third kappa shape index (κ3) is 4.60. The van der Waals surface area contributed by atoms with Crippen LogP contribution in [0.3, 0.4) is 0 Å². The number of aromatic nitrogens is 3. The van der Waals surface area contributed by atoms with E-state index >= 15 is 0 Å². The number of aliphatic hydroxyl groups excluding tert-OH is 1. The van der Waals surface area contributed by atoms with Gasteiger partial charge in [0.05, 0.1) is 28.6 Å². The van der Waals surface area contributed by atoms with Gasteiger partial charge in [-0.1, -0.05) is 23.7 Å². The van der Waals surface area contributed by atoms with Crippen molar-refractivity contribution >= 4 is 17.4 Å². The van der Waals surface area contributed by atoms with Gasteiger partial charge in [-0.25, -0.2) is 4.98 Å². The Kier molecular flexibility index (Phi) is 6.18. The molecule has 2 aliphatic heterocycles. The van der Waals surface area contributed by atoms with E-state index in [0.717, 1.165) is 51.2 Å². The molecule has 0 amide bonds. The van der Waals surface area contributed by atoms with E-state index in [4.69, 9.17) is 16.6 Å². The number of anilines is 1. The summed E-state index contributed by atoms with van der Waals surface area (Å²) in [6.07, 6.45) is 2.06. The Morgan fingerprint density at radius 1 is 0.971 bits per heavy atom. The second-order valence-electron chi connectivity index (χ2n) is 8.68. The predicted octanol–water partition coefficient (Wildman–Crippen LogP) is 4.52. The quantitative estimate of drug-likeness (QED) is 0.581. The first kappa shape index (κ1) is 23.0. The molecule has 0 saturated carbocycles. The minimum Gasteiger partial charge on any atom is -0.390 e. The first-order chi connectivity index (χ1) is 16.3. The number of pyridine rings is 1. The Balaban J connectivity index is 1.46. The molecule has 2 aromatic heterocycles. The van der Waals surface area contributed by atoms with Crippen LogP contribution in [-0.2, 0) is 6.18 Å². The van der Waals surface area contributed by atoms with Gasteiger partial charge in [0, 0.05) is 55.7 Å². The zero-order chi connectivity index (χ0) is 23.9. The van der Waals surface area contributed by atoms with Crippen LogP contribution in [0.2, 0.25) is 5.02 Å². The lowest BCUT2D eigenvalue weighted by atomic mass is 9.98. The number of nitrogens with zero attached hydrogens (tertiary/aromatic N) is 5. The van der Waals surface area contributed by atoms with Gasteiger partial charge in [0.1, 0.15) is 11.5 Å². The van der Waals surface area contributed by atoms with Crippen molar-refractivity contribution in [2.45, 2.75) is 31.2 Å². The average molecular weight is 490 g/mol. The van der Waals surface area contributed by atoms with Gasteiger partial charge in [-0.05, 0) is 31.0 Å². The number of rotatable bonds is 4. The maximum absolute atomic E-state index is 13.0. The summed E-state index contributed by atoms with van der Waals surface area (Å²) < 4.78 is 39.1. The van der Waals surface area contributed by atoms with Crippen LogP contribution < -0.4 is 4.90 Å². The molecule has 1 N–H and O–H groups in total. The second-order valence-corrected chi connectivity index (χ2v) is 9.09. The molecule has 1 aromatic carbocycles. The highest BCUT2D eigenvalue weighted by atomic mass is 35.5. The summed E-state index contributed by atoms with van der Waals surface area (Å²) in [4.78, 5) is 18.0. The largest absolute Gasteiger partial charge is 0.416 e. The molecule has 2 aliphatic rings. The topological polar surface area (TPSA) is 65.4 Å². The van der Waals surface area contributed by atoms with Gasteiger partial charge in [-0.3, -0.25) is 14.9 Å². The summed E-state index contributed by atoms with van der Waals surface area (Å²) in [7, 11) is 0. The van der Waals surface area contributed by atoms with Crippen LogP contribution in [0.25, 0.3) is 22.5 Å². The fourth-order valence-corrected chi connectivity index (χ4v) is 4.77. The predicted molar refractivity (Wildman–Crippen MR) is 124 cm³/mol. The molecule has 34 heavy (non-hydrogen) atoms. The molecule has 5 rings (SSSR count). The standard InChI is InChI=1S/C24H23ClF3N5O/c25-20-11-29-8-5-19(20)23-22(15-1-3-16(4-2-15)24(26,27)28)30-12-21(31-23)32-9-6-17(7-10-32)33-13-18(34)14-33/h1-5,8,11-12,17-18,34H,6-7,9-10,13-14H2. The molecule has 0 spiro atoms. The third-order valence-corrected chi connectivity index (χ3v) is 6.77. The van der Waals surface area contributed by atoms with Gasteiger partial charge >= 0.3 is 6.18 Å². The molecule has 178 valence electrons. The van der Waals surface area contributed by atoms with Crippen LogP contribution >= 0.6 is 11.6 Å². The summed E-state index contributed by atoms with van der Waals surface area (Å²) in [5.74, 6) is 0.695. The Morgan fingerprint density at radius 3 is 2.29 bits per heavy atom. The Hall–Kier alpha value is -2.75. The molecule has 2 saturated heterocycles. The lowest BCUT2D eigenvalue weighted by molar-refractivity contribution is -0.137. The monoisotopic (exact) mass is 489 g/mol. The molecule has 6 nitrogen and oxygen atoms in total. The maximum atomic E-state index is 13.0. The van der Waals surface area contributed by atoms with Gasteiger partial charge in [0.25, 0.3) is 0 Å². The molecule has 0 radical (unpaired) electrons. The molecular weight excluding hydrogens is 467 g/mol. The normalized spacial score (nSPS) is 18.2. The van der Waals surface area contributed by atoms with Crippen LogP contribution in [0.1, 0.15) is 18.4 Å². The van der Waals surface area contributed by atoms with Crippen LogP contribution in [0.4, 0.5) is 19.0 Å². The molecule has 2 fully saturated rings. The van der Waals surface area contributed by atoms with Crippen molar-refractivity contribution in [3.63, 3.8) is 0 Å². The summed E-state index contributed by atoms with van der Waals surface area (Å²) >= 11 is 6.41. The molecule has 10 heteroatoms. The summed E-state index contributed by atoms with van der Waals surface area (Å²) in [6, 6.07) is 7.07. The van der Waals surface area contributed by atoms with E-state index in [1.807, 2.05) is 0 Å². The highest BCUT2D eigenvalue weighted by Gasteiger charge is 2.33. The molecule has 0 bridgehead atoms. The number of halogens is 4. The van der Waals surface area contributed by atoms with E-state index in [9.17, 15) is 18.3 Å². The lowest BCUT2D eigenvalue weighted by Crippen LogP contribution is -2.57. The smallest absolute Gasteiger partial charge is 0.390 e. The van der Waals surface area contributed by atoms with Gasteiger partial charge in [-0.2, -0.15) is 13.2 Å². The summed E-state index contributed by atoms with van der Waals surface area (Å²) in [5, 5.41) is 9.96. The number of hydrogen-bond acceptors (Lipinski definition) is 6. The van der Waals surface area contributed by atoms with E-state index < -0.39 is 11.7 Å². The van der Waals surface area contributed by atoms with Crippen molar-refractivity contribution in [3.8, 4) is 22.5 Å². The van der Waals surface area contributed by atoms with E-state index in [-0.39, 0.29) is 6.10 Å². The zero-order valence-electron chi connectivity index (χ0n) is 18.2. The highest BCUT2D eigenvalue weighted by molar-refractivity contribution is 6.33. The Bertz CT molecular complexity index is 1160. The lowest BCUT2D eigenvalue weighted by Gasteiger charge is -2.45. The molecular formula is C24H23ClF3N5O. The minimum absolute atomic E-state index is 0.214. The molecule has 0 aliphatic carbocycles.